The molecule has 0 radical (unpaired) electrons. The Balaban J connectivity index is 1.94. The van der Waals surface area contributed by atoms with Crippen LogP contribution in [0.5, 0.6) is 6.01 Å². The Hall–Kier alpha value is -2.91. The lowest BCUT2D eigenvalue weighted by atomic mass is 10.0. The number of aliphatic hydroxyl groups is 1. The number of imidazole rings is 1. The summed E-state index contributed by atoms with van der Waals surface area (Å²) >= 11 is 5.94. The summed E-state index contributed by atoms with van der Waals surface area (Å²) in [6, 6.07) is 3.67. The van der Waals surface area contributed by atoms with Gasteiger partial charge in [-0.2, -0.15) is 4.98 Å². The molecule has 1 aliphatic carbocycles. The van der Waals surface area contributed by atoms with Crippen LogP contribution >= 0.6 is 11.6 Å². The number of aromatic nitrogens is 3. The lowest BCUT2D eigenvalue weighted by molar-refractivity contribution is -0.119. The number of hydrogen-bond donors (Lipinski definition) is 3. The van der Waals surface area contributed by atoms with Gasteiger partial charge < -0.3 is 20.5 Å². The van der Waals surface area contributed by atoms with Gasteiger partial charge in [-0.3, -0.25) is 19.1 Å². The molecule has 2 aromatic heterocycles. The second-order valence-electron chi connectivity index (χ2n) is 7.32. The van der Waals surface area contributed by atoms with E-state index in [4.69, 9.17) is 16.3 Å². The van der Waals surface area contributed by atoms with Crippen molar-refractivity contribution in [2.24, 2.45) is 0 Å². The van der Waals surface area contributed by atoms with E-state index >= 15 is 0 Å². The minimum atomic E-state index is -0.526. The number of Topliss-reactive ketones (excluding diaryl/α,β-unsaturated/α-hetero) is 1. The minimum absolute atomic E-state index is 0.0786. The van der Waals surface area contributed by atoms with Crippen molar-refractivity contribution >= 4 is 29.1 Å². The van der Waals surface area contributed by atoms with Gasteiger partial charge in [0.15, 0.2) is 11.5 Å². The number of halogens is 1. The van der Waals surface area contributed by atoms with Gasteiger partial charge in [0.25, 0.3) is 11.9 Å². The molecule has 9 nitrogen and oxygen atoms in total. The quantitative estimate of drug-likeness (QED) is 0.504. The van der Waals surface area contributed by atoms with Crippen molar-refractivity contribution in [3.63, 3.8) is 0 Å². The predicted molar refractivity (Wildman–Crippen MR) is 117 cm³/mol. The second kappa shape index (κ2) is 10.4. The van der Waals surface area contributed by atoms with Crippen molar-refractivity contribution in [3.8, 4) is 6.01 Å². The number of amides is 1. The molecular formula is C21H26ClN5O4. The van der Waals surface area contributed by atoms with E-state index in [1.54, 1.807) is 36.7 Å². The zero-order chi connectivity index (χ0) is 22.4. The highest BCUT2D eigenvalue weighted by Crippen LogP contribution is 2.26. The Morgan fingerprint density at radius 3 is 2.90 bits per heavy atom. The van der Waals surface area contributed by atoms with Gasteiger partial charge in [-0.05, 0) is 31.6 Å². The highest BCUT2D eigenvalue weighted by atomic mass is 35.5. The van der Waals surface area contributed by atoms with Crippen LogP contribution in [0.1, 0.15) is 42.4 Å². The summed E-state index contributed by atoms with van der Waals surface area (Å²) in [5, 5.41) is 15.7. The maximum atomic E-state index is 13.0. The summed E-state index contributed by atoms with van der Waals surface area (Å²) in [6.07, 6.45) is 5.19. The Bertz CT molecular complexity index is 955. The van der Waals surface area contributed by atoms with Crippen LogP contribution in [0.25, 0.3) is 0 Å². The first-order valence-electron chi connectivity index (χ1n) is 10.1. The average molecular weight is 448 g/mol. The molecule has 1 aliphatic rings. The molecule has 0 saturated carbocycles. The first-order chi connectivity index (χ1) is 14.9. The van der Waals surface area contributed by atoms with Gasteiger partial charge in [-0.15, -0.1) is 0 Å². The molecule has 2 atom stereocenters. The van der Waals surface area contributed by atoms with Crippen molar-refractivity contribution in [2.45, 2.75) is 44.9 Å². The van der Waals surface area contributed by atoms with Gasteiger partial charge in [-0.25, -0.2) is 0 Å². The van der Waals surface area contributed by atoms with Crippen LogP contribution in [0.15, 0.2) is 30.5 Å². The van der Waals surface area contributed by atoms with Gasteiger partial charge in [0.1, 0.15) is 11.9 Å². The summed E-state index contributed by atoms with van der Waals surface area (Å²) in [7, 11) is 1.66. The number of allylic oxidation sites excluding steroid dienone is 1. The van der Waals surface area contributed by atoms with E-state index < -0.39 is 12.2 Å². The van der Waals surface area contributed by atoms with E-state index in [1.165, 1.54) is 6.20 Å². The first-order valence-corrected chi connectivity index (χ1v) is 10.4. The van der Waals surface area contributed by atoms with Gasteiger partial charge in [0, 0.05) is 32.6 Å². The number of pyridine rings is 1. The molecule has 2 aromatic rings. The SMILES string of the molecule is CNc1nc(OC2C=CCC(=O)C2)n(Cc2ccc(Cl)cn2)c1C(=O)NCCC(C)O. The number of nitrogens with one attached hydrogen (secondary N) is 2. The molecule has 2 unspecified atom stereocenters. The van der Waals surface area contributed by atoms with Gasteiger partial charge in [0.2, 0.25) is 0 Å². The molecule has 0 bridgehead atoms. The summed E-state index contributed by atoms with van der Waals surface area (Å²) in [6.45, 7) is 2.18. The van der Waals surface area contributed by atoms with Crippen molar-refractivity contribution in [1.29, 1.82) is 0 Å². The number of aliphatic hydroxyl groups excluding tert-OH is 1. The standard InChI is InChI=1S/C21H26ClN5O4/c1-13(28)8-9-24-20(30)18-19(23-2)26-21(31-17-5-3-4-16(29)10-17)27(18)12-15-7-6-14(22)11-25-15/h3,5-7,11,13,17,23,28H,4,8-10,12H2,1-2H3,(H,24,30). The van der Waals surface area contributed by atoms with Crippen molar-refractivity contribution in [2.75, 3.05) is 18.9 Å². The zero-order valence-electron chi connectivity index (χ0n) is 17.5. The summed E-state index contributed by atoms with van der Waals surface area (Å²) < 4.78 is 7.62. The molecule has 10 heteroatoms. The Labute approximate surface area is 185 Å². The molecule has 0 fully saturated rings. The molecule has 0 saturated heterocycles. The molecule has 0 spiro atoms. The van der Waals surface area contributed by atoms with Gasteiger partial charge in [-0.1, -0.05) is 17.7 Å². The van der Waals surface area contributed by atoms with Gasteiger partial charge >= 0.3 is 0 Å². The third-order valence-corrected chi connectivity index (χ3v) is 4.95. The zero-order valence-corrected chi connectivity index (χ0v) is 18.2. The fraction of sp³-hybridized carbons (Fsp3) is 0.429. The number of ketones is 1. The van der Waals surface area contributed by atoms with Crippen molar-refractivity contribution < 1.29 is 19.4 Å². The van der Waals surface area contributed by atoms with E-state index in [0.29, 0.717) is 35.9 Å². The summed E-state index contributed by atoms with van der Waals surface area (Å²) in [4.78, 5) is 33.5. The van der Waals surface area contributed by atoms with Crippen LogP contribution in [0.4, 0.5) is 5.82 Å². The smallest absolute Gasteiger partial charge is 0.299 e. The molecule has 3 N–H and O–H groups in total. The molecule has 1 amide bonds. The van der Waals surface area contributed by atoms with E-state index in [1.807, 2.05) is 6.08 Å². The second-order valence-corrected chi connectivity index (χ2v) is 7.76. The fourth-order valence-electron chi connectivity index (χ4n) is 3.16. The number of carbonyl (C=O) groups excluding carboxylic acids is 2. The number of carbonyl (C=O) groups is 2. The van der Waals surface area contributed by atoms with Crippen LogP contribution < -0.4 is 15.4 Å². The summed E-state index contributed by atoms with van der Waals surface area (Å²) in [5.74, 6) is 0.0520. The van der Waals surface area contributed by atoms with Crippen molar-refractivity contribution in [1.82, 2.24) is 19.9 Å². The number of hydrogen-bond acceptors (Lipinski definition) is 7. The van der Waals surface area contributed by atoms with Crippen LogP contribution in [0, 0.1) is 0 Å². The highest BCUT2D eigenvalue weighted by molar-refractivity contribution is 6.30. The molecule has 166 valence electrons. The predicted octanol–water partition coefficient (Wildman–Crippen LogP) is 2.19. The molecular weight excluding hydrogens is 422 g/mol. The van der Waals surface area contributed by atoms with E-state index in [2.05, 4.69) is 20.6 Å². The number of nitrogens with zero attached hydrogens (tertiary/aromatic N) is 3. The van der Waals surface area contributed by atoms with Crippen LogP contribution in [-0.2, 0) is 11.3 Å². The molecule has 3 rings (SSSR count). The van der Waals surface area contributed by atoms with Crippen LogP contribution in [-0.4, -0.2) is 57.1 Å². The first kappa shape index (κ1) is 22.8. The third kappa shape index (κ3) is 6.05. The Morgan fingerprint density at radius 2 is 2.26 bits per heavy atom. The van der Waals surface area contributed by atoms with E-state index in [0.717, 1.165) is 0 Å². The van der Waals surface area contributed by atoms with Gasteiger partial charge in [0.05, 0.1) is 23.4 Å². The average Bonchev–Trinajstić information content (AvgIpc) is 3.06. The monoisotopic (exact) mass is 447 g/mol. The molecule has 0 aromatic carbocycles. The minimum Gasteiger partial charge on any atom is -0.457 e. The van der Waals surface area contributed by atoms with Crippen molar-refractivity contribution in [3.05, 3.63) is 46.9 Å². The molecule has 2 heterocycles. The summed E-state index contributed by atoms with van der Waals surface area (Å²) in [5.41, 5.74) is 0.925. The Kier molecular flexibility index (Phi) is 7.64. The van der Waals surface area contributed by atoms with Crippen LogP contribution in [0.3, 0.4) is 0 Å². The van der Waals surface area contributed by atoms with E-state index in [-0.39, 0.29) is 36.4 Å². The normalized spacial score (nSPS) is 16.8. The van der Waals surface area contributed by atoms with E-state index in [9.17, 15) is 14.7 Å². The lowest BCUT2D eigenvalue weighted by Crippen LogP contribution is -2.30. The molecule has 31 heavy (non-hydrogen) atoms. The fourth-order valence-corrected chi connectivity index (χ4v) is 3.27. The largest absolute Gasteiger partial charge is 0.457 e. The van der Waals surface area contributed by atoms with Crippen LogP contribution in [0.2, 0.25) is 5.02 Å². The lowest BCUT2D eigenvalue weighted by Gasteiger charge is -2.18. The third-order valence-electron chi connectivity index (χ3n) is 4.72. The number of anilines is 1. The number of rotatable bonds is 9. The number of ether oxygens (including phenoxy) is 1. The molecule has 0 aliphatic heterocycles. The topological polar surface area (TPSA) is 118 Å². The maximum Gasteiger partial charge on any atom is 0.299 e. The Morgan fingerprint density at radius 1 is 1.45 bits per heavy atom. The highest BCUT2D eigenvalue weighted by Gasteiger charge is 2.26. The maximum absolute atomic E-state index is 13.0.